The number of nitrogens with zero attached hydrogens (tertiary/aromatic N) is 2. The number of imidazole rings is 1. The van der Waals surface area contributed by atoms with Crippen molar-refractivity contribution in [2.45, 2.75) is 50.2 Å². The number of hydrogen-bond acceptors (Lipinski definition) is 1. The highest BCUT2D eigenvalue weighted by atomic mass is 19.4. The standard InChI is InChI=1S/C21H21F3N2/c22-21(23,24)19-11-5-4-9-17(19)16-8-2-3-10-18(16)20-12-6-1-7-15-13-25-14-26(15)20/h2-5,9-11,13-14,16,20H,1,6-8,12H2. The summed E-state index contributed by atoms with van der Waals surface area (Å²) in [6.07, 6.45) is 10.0. The van der Waals surface area contributed by atoms with Crippen molar-refractivity contribution in [2.24, 2.45) is 0 Å². The molecule has 0 saturated carbocycles. The lowest BCUT2D eigenvalue weighted by Crippen LogP contribution is -2.20. The van der Waals surface area contributed by atoms with E-state index in [1.54, 1.807) is 12.1 Å². The number of halogens is 3. The lowest BCUT2D eigenvalue weighted by molar-refractivity contribution is -0.138. The molecule has 0 radical (unpaired) electrons. The third-order valence-electron chi connectivity index (χ3n) is 5.47. The average molecular weight is 358 g/mol. The quantitative estimate of drug-likeness (QED) is 0.659. The average Bonchev–Trinajstić information content (AvgIpc) is 3.01. The molecule has 2 heterocycles. The monoisotopic (exact) mass is 358 g/mol. The number of aryl methyl sites for hydroxylation is 1. The van der Waals surface area contributed by atoms with Crippen molar-refractivity contribution in [1.82, 2.24) is 9.55 Å². The van der Waals surface area contributed by atoms with E-state index in [2.05, 4.69) is 9.55 Å². The van der Waals surface area contributed by atoms with Gasteiger partial charge in [0.05, 0.1) is 17.9 Å². The molecule has 2 aliphatic rings. The highest BCUT2D eigenvalue weighted by molar-refractivity contribution is 5.42. The number of benzene rings is 1. The third kappa shape index (κ3) is 3.11. The van der Waals surface area contributed by atoms with Crippen LogP contribution in [0, 0.1) is 0 Å². The molecule has 5 heteroatoms. The van der Waals surface area contributed by atoms with Crippen LogP contribution in [-0.2, 0) is 12.6 Å². The van der Waals surface area contributed by atoms with E-state index in [9.17, 15) is 13.2 Å². The van der Waals surface area contributed by atoms with Crippen molar-refractivity contribution in [2.75, 3.05) is 0 Å². The fourth-order valence-electron chi connectivity index (χ4n) is 4.27. The molecule has 2 atom stereocenters. The molecule has 0 fully saturated rings. The second-order valence-electron chi connectivity index (χ2n) is 7.02. The van der Waals surface area contributed by atoms with E-state index in [1.165, 1.54) is 17.8 Å². The highest BCUT2D eigenvalue weighted by Crippen LogP contribution is 2.45. The van der Waals surface area contributed by atoms with Gasteiger partial charge in [0.15, 0.2) is 0 Å². The van der Waals surface area contributed by atoms with E-state index in [0.29, 0.717) is 12.0 Å². The second-order valence-corrected chi connectivity index (χ2v) is 7.02. The van der Waals surface area contributed by atoms with Crippen LogP contribution in [0.4, 0.5) is 13.2 Å². The second kappa shape index (κ2) is 6.78. The summed E-state index contributed by atoms with van der Waals surface area (Å²) < 4.78 is 42.9. The summed E-state index contributed by atoms with van der Waals surface area (Å²) in [7, 11) is 0. The van der Waals surface area contributed by atoms with E-state index in [1.807, 2.05) is 30.8 Å². The first-order chi connectivity index (χ1) is 12.6. The Morgan fingerprint density at radius 1 is 1.12 bits per heavy atom. The number of aromatic nitrogens is 2. The SMILES string of the molecule is FC(F)(F)c1ccccc1C1CC=CC=C1C1CCCCc2cncn21. The highest BCUT2D eigenvalue weighted by Gasteiger charge is 2.37. The molecule has 0 spiro atoms. The molecule has 0 amide bonds. The van der Waals surface area contributed by atoms with Gasteiger partial charge >= 0.3 is 6.18 Å². The van der Waals surface area contributed by atoms with Gasteiger partial charge in [-0.15, -0.1) is 0 Å². The fourth-order valence-corrected chi connectivity index (χ4v) is 4.27. The van der Waals surface area contributed by atoms with Crippen molar-refractivity contribution in [3.63, 3.8) is 0 Å². The molecular formula is C21H21F3N2. The maximum atomic E-state index is 13.6. The molecule has 0 bridgehead atoms. The molecule has 136 valence electrons. The van der Waals surface area contributed by atoms with Crippen LogP contribution < -0.4 is 0 Å². The third-order valence-corrected chi connectivity index (χ3v) is 5.47. The molecule has 0 saturated heterocycles. The molecule has 1 aromatic carbocycles. The first-order valence-corrected chi connectivity index (χ1v) is 9.09. The summed E-state index contributed by atoms with van der Waals surface area (Å²) in [6.45, 7) is 0. The van der Waals surface area contributed by atoms with Gasteiger partial charge in [0, 0.05) is 17.8 Å². The molecule has 2 nitrogen and oxygen atoms in total. The van der Waals surface area contributed by atoms with Crippen LogP contribution in [0.1, 0.15) is 54.5 Å². The van der Waals surface area contributed by atoms with Gasteiger partial charge in [0.25, 0.3) is 0 Å². The molecule has 1 aliphatic heterocycles. The van der Waals surface area contributed by atoms with E-state index < -0.39 is 11.7 Å². The summed E-state index contributed by atoms with van der Waals surface area (Å²) in [5.41, 5.74) is 2.09. The Balaban J connectivity index is 1.78. The van der Waals surface area contributed by atoms with Crippen LogP contribution in [0.15, 0.2) is 60.6 Å². The maximum Gasteiger partial charge on any atom is 0.416 e. The molecule has 2 unspecified atom stereocenters. The van der Waals surface area contributed by atoms with E-state index in [0.717, 1.165) is 31.3 Å². The lowest BCUT2D eigenvalue weighted by atomic mass is 9.78. The Morgan fingerprint density at radius 3 is 2.81 bits per heavy atom. The van der Waals surface area contributed by atoms with Crippen molar-refractivity contribution in [3.05, 3.63) is 77.4 Å². The van der Waals surface area contributed by atoms with Crippen molar-refractivity contribution < 1.29 is 13.2 Å². The van der Waals surface area contributed by atoms with Crippen LogP contribution >= 0.6 is 0 Å². The molecule has 2 aromatic rings. The van der Waals surface area contributed by atoms with Gasteiger partial charge in [-0.25, -0.2) is 4.98 Å². The minimum absolute atomic E-state index is 0.0752. The largest absolute Gasteiger partial charge is 0.416 e. The van der Waals surface area contributed by atoms with Crippen molar-refractivity contribution >= 4 is 0 Å². The summed E-state index contributed by atoms with van der Waals surface area (Å²) in [5.74, 6) is -0.254. The molecule has 1 aromatic heterocycles. The predicted molar refractivity (Wildman–Crippen MR) is 94.8 cm³/mol. The van der Waals surface area contributed by atoms with Crippen molar-refractivity contribution in [3.8, 4) is 0 Å². The van der Waals surface area contributed by atoms with E-state index >= 15 is 0 Å². The number of hydrogen-bond donors (Lipinski definition) is 0. The summed E-state index contributed by atoms with van der Waals surface area (Å²) in [5, 5.41) is 0. The van der Waals surface area contributed by atoms with Gasteiger partial charge in [-0.1, -0.05) is 42.8 Å². The van der Waals surface area contributed by atoms with Crippen LogP contribution in [-0.4, -0.2) is 9.55 Å². The normalized spacial score (nSPS) is 23.3. The molecule has 1 aliphatic carbocycles. The van der Waals surface area contributed by atoms with Crippen LogP contribution in [0.2, 0.25) is 0 Å². The molecular weight excluding hydrogens is 337 g/mol. The number of fused-ring (bicyclic) bond motifs is 1. The van der Waals surface area contributed by atoms with Gasteiger partial charge in [-0.2, -0.15) is 13.2 Å². The van der Waals surface area contributed by atoms with E-state index in [-0.39, 0.29) is 12.0 Å². The Labute approximate surface area is 151 Å². The number of alkyl halides is 3. The number of allylic oxidation sites excluding steroid dienone is 4. The van der Waals surface area contributed by atoms with Gasteiger partial charge in [-0.05, 0) is 42.9 Å². The van der Waals surface area contributed by atoms with Gasteiger partial charge in [0.2, 0.25) is 0 Å². The van der Waals surface area contributed by atoms with Crippen LogP contribution in [0.5, 0.6) is 0 Å². The molecule has 26 heavy (non-hydrogen) atoms. The predicted octanol–water partition coefficient (Wildman–Crippen LogP) is 5.84. The zero-order valence-electron chi connectivity index (χ0n) is 14.4. The van der Waals surface area contributed by atoms with Crippen LogP contribution in [0.3, 0.4) is 0 Å². The lowest BCUT2D eigenvalue weighted by Gasteiger charge is -2.31. The topological polar surface area (TPSA) is 17.8 Å². The first kappa shape index (κ1) is 17.1. The smallest absolute Gasteiger partial charge is 0.327 e. The summed E-state index contributed by atoms with van der Waals surface area (Å²) >= 11 is 0. The Kier molecular flexibility index (Phi) is 4.47. The van der Waals surface area contributed by atoms with Crippen LogP contribution in [0.25, 0.3) is 0 Å². The van der Waals surface area contributed by atoms with E-state index in [4.69, 9.17) is 0 Å². The minimum atomic E-state index is -4.34. The van der Waals surface area contributed by atoms with Gasteiger partial charge < -0.3 is 4.57 Å². The molecule has 0 N–H and O–H groups in total. The Morgan fingerprint density at radius 2 is 1.96 bits per heavy atom. The van der Waals surface area contributed by atoms with Crippen molar-refractivity contribution in [1.29, 1.82) is 0 Å². The fraction of sp³-hybridized carbons (Fsp3) is 0.381. The van der Waals surface area contributed by atoms with Gasteiger partial charge in [-0.3, -0.25) is 0 Å². The van der Waals surface area contributed by atoms with Gasteiger partial charge in [0.1, 0.15) is 0 Å². The Hall–Kier alpha value is -2.30. The zero-order valence-corrected chi connectivity index (χ0v) is 14.4. The number of rotatable bonds is 2. The summed E-state index contributed by atoms with van der Waals surface area (Å²) in [6, 6.07) is 6.07. The first-order valence-electron chi connectivity index (χ1n) is 9.09. The molecule has 4 rings (SSSR count). The summed E-state index contributed by atoms with van der Waals surface area (Å²) in [4.78, 5) is 4.28. The minimum Gasteiger partial charge on any atom is -0.327 e. The zero-order chi connectivity index (χ0) is 18.1. The Bertz CT molecular complexity index is 845. The maximum absolute atomic E-state index is 13.6.